The maximum Gasteiger partial charge on any atom is 0.258 e. The largest absolute Gasteiger partial charge is 0.484 e. The lowest BCUT2D eigenvalue weighted by molar-refractivity contribution is -0.146. The van der Waals surface area contributed by atoms with Crippen LogP contribution < -0.4 is 20.7 Å². The van der Waals surface area contributed by atoms with Crippen molar-refractivity contribution in [3.8, 4) is 5.75 Å². The molecule has 0 bridgehead atoms. The van der Waals surface area contributed by atoms with Gasteiger partial charge in [0, 0.05) is 19.7 Å². The summed E-state index contributed by atoms with van der Waals surface area (Å²) in [6, 6.07) is 7.96. The number of ether oxygens (including phenoxy) is 2. The molecular weight excluding hydrogens is 382 g/mol. The van der Waals surface area contributed by atoms with Crippen LogP contribution in [0.3, 0.4) is 0 Å². The third-order valence-electron chi connectivity index (χ3n) is 5.15. The Balaban J connectivity index is 0.00000280. The van der Waals surface area contributed by atoms with Crippen molar-refractivity contribution in [2.75, 3.05) is 33.4 Å². The van der Waals surface area contributed by atoms with Gasteiger partial charge in [0.15, 0.2) is 6.61 Å². The van der Waals surface area contributed by atoms with Crippen molar-refractivity contribution in [1.82, 2.24) is 16.0 Å². The van der Waals surface area contributed by atoms with Crippen LogP contribution in [-0.2, 0) is 20.7 Å². The van der Waals surface area contributed by atoms with E-state index in [1.165, 1.54) is 0 Å². The van der Waals surface area contributed by atoms with E-state index in [2.05, 4.69) is 16.0 Å². The smallest absolute Gasteiger partial charge is 0.258 e. The van der Waals surface area contributed by atoms with Crippen molar-refractivity contribution in [3.05, 3.63) is 29.8 Å². The topological polar surface area (TPSA) is 88.7 Å². The number of carbonyl (C=O) groups is 2. The summed E-state index contributed by atoms with van der Waals surface area (Å²) in [6.45, 7) is 2.18. The number of hydrogen-bond acceptors (Lipinski definition) is 5. The van der Waals surface area contributed by atoms with E-state index < -0.39 is 5.60 Å². The molecule has 1 aliphatic heterocycles. The number of rotatable bonds is 9. The predicted octanol–water partition coefficient (Wildman–Crippen LogP) is 1.19. The number of halogens is 1. The Kier molecular flexibility index (Phi) is 8.54. The Labute approximate surface area is 172 Å². The molecule has 1 saturated carbocycles. The van der Waals surface area contributed by atoms with E-state index in [4.69, 9.17) is 9.47 Å². The van der Waals surface area contributed by atoms with Crippen LogP contribution in [0.2, 0.25) is 0 Å². The first-order chi connectivity index (χ1) is 13.1. The van der Waals surface area contributed by atoms with Gasteiger partial charge < -0.3 is 25.4 Å². The van der Waals surface area contributed by atoms with E-state index in [-0.39, 0.29) is 30.8 Å². The van der Waals surface area contributed by atoms with Gasteiger partial charge in [0.25, 0.3) is 11.8 Å². The van der Waals surface area contributed by atoms with E-state index in [0.717, 1.165) is 37.9 Å². The van der Waals surface area contributed by atoms with E-state index >= 15 is 0 Å². The van der Waals surface area contributed by atoms with Gasteiger partial charge in [0.2, 0.25) is 0 Å². The zero-order valence-electron chi connectivity index (χ0n) is 16.3. The molecule has 1 aromatic rings. The minimum absolute atomic E-state index is 0. The summed E-state index contributed by atoms with van der Waals surface area (Å²) in [5.74, 6) is 0.559. The van der Waals surface area contributed by atoms with Gasteiger partial charge in [-0.1, -0.05) is 12.1 Å². The zero-order valence-corrected chi connectivity index (χ0v) is 17.1. The van der Waals surface area contributed by atoms with Crippen molar-refractivity contribution in [1.29, 1.82) is 0 Å². The molecule has 1 heterocycles. The molecule has 1 aromatic carbocycles. The lowest BCUT2D eigenvalue weighted by atomic mass is 9.91. The number of benzene rings is 1. The van der Waals surface area contributed by atoms with E-state index in [1.807, 2.05) is 24.3 Å². The Morgan fingerprint density at radius 3 is 2.46 bits per heavy atom. The molecule has 0 aromatic heterocycles. The molecule has 1 saturated heterocycles. The van der Waals surface area contributed by atoms with Gasteiger partial charge in [-0.15, -0.1) is 12.4 Å². The van der Waals surface area contributed by atoms with Crippen LogP contribution in [0.15, 0.2) is 24.3 Å². The molecule has 0 radical (unpaired) electrons. The van der Waals surface area contributed by atoms with Crippen LogP contribution in [0.25, 0.3) is 0 Å². The summed E-state index contributed by atoms with van der Waals surface area (Å²) in [6.07, 6.45) is 4.25. The van der Waals surface area contributed by atoms with Gasteiger partial charge in [-0.2, -0.15) is 0 Å². The molecule has 3 N–H and O–H groups in total. The fraction of sp³-hybridized carbons (Fsp3) is 0.600. The summed E-state index contributed by atoms with van der Waals surface area (Å²) in [7, 11) is 1.61. The van der Waals surface area contributed by atoms with E-state index in [0.29, 0.717) is 31.2 Å². The fourth-order valence-corrected chi connectivity index (χ4v) is 3.23. The maximum atomic E-state index is 12.5. The molecule has 1 aliphatic carbocycles. The van der Waals surface area contributed by atoms with Crippen molar-refractivity contribution in [3.63, 3.8) is 0 Å². The third-order valence-corrected chi connectivity index (χ3v) is 5.15. The average Bonchev–Trinajstić information content (AvgIpc) is 3.51. The minimum atomic E-state index is -0.704. The van der Waals surface area contributed by atoms with Crippen LogP contribution in [0.5, 0.6) is 5.75 Å². The van der Waals surface area contributed by atoms with E-state index in [1.54, 1.807) is 7.11 Å². The van der Waals surface area contributed by atoms with E-state index in [9.17, 15) is 9.59 Å². The summed E-state index contributed by atoms with van der Waals surface area (Å²) < 4.78 is 11.0. The number of hydrogen-bond donors (Lipinski definition) is 3. The molecule has 2 fully saturated rings. The minimum Gasteiger partial charge on any atom is -0.484 e. The second kappa shape index (κ2) is 10.6. The molecule has 0 spiro atoms. The number of carbonyl (C=O) groups excluding carboxylic acids is 2. The summed E-state index contributed by atoms with van der Waals surface area (Å²) in [4.78, 5) is 24.1. The first kappa shape index (κ1) is 22.5. The molecule has 0 unspecified atom stereocenters. The fourth-order valence-electron chi connectivity index (χ4n) is 3.23. The highest BCUT2D eigenvalue weighted by Crippen LogP contribution is 2.22. The lowest BCUT2D eigenvalue weighted by Gasteiger charge is -2.34. The monoisotopic (exact) mass is 411 g/mol. The molecule has 28 heavy (non-hydrogen) atoms. The predicted molar refractivity (Wildman–Crippen MR) is 109 cm³/mol. The highest BCUT2D eigenvalue weighted by Gasteiger charge is 2.39. The van der Waals surface area contributed by atoms with Gasteiger partial charge in [-0.05, 0) is 62.9 Å². The molecule has 2 amide bonds. The Morgan fingerprint density at radius 1 is 1.18 bits per heavy atom. The van der Waals surface area contributed by atoms with Gasteiger partial charge in [0.1, 0.15) is 11.4 Å². The molecule has 8 heteroatoms. The van der Waals surface area contributed by atoms with Crippen LogP contribution in [0.4, 0.5) is 0 Å². The van der Waals surface area contributed by atoms with Crippen LogP contribution >= 0.6 is 12.4 Å². The maximum absolute atomic E-state index is 12.5. The molecule has 2 aliphatic rings. The van der Waals surface area contributed by atoms with Crippen molar-refractivity contribution >= 4 is 24.2 Å². The summed E-state index contributed by atoms with van der Waals surface area (Å²) >= 11 is 0. The standard InChI is InChI=1S/C20H29N3O4.ClH/c1-26-20(9-12-21-13-10-20)19(25)22-11-8-15-2-6-17(7-3-15)27-14-18(24)23-16-4-5-16;/h2-3,6-7,16,21H,4-5,8-14H2,1H3,(H,22,25)(H,23,24);1H. The Hall–Kier alpha value is -1.83. The molecule has 156 valence electrons. The molecule has 7 nitrogen and oxygen atoms in total. The number of methoxy groups -OCH3 is 1. The zero-order chi connectivity index (χ0) is 19.1. The Morgan fingerprint density at radius 2 is 1.86 bits per heavy atom. The van der Waals surface area contributed by atoms with Crippen molar-refractivity contribution in [2.24, 2.45) is 0 Å². The third kappa shape index (κ3) is 6.36. The van der Waals surface area contributed by atoms with Crippen LogP contribution in [0.1, 0.15) is 31.2 Å². The van der Waals surface area contributed by atoms with Gasteiger partial charge in [-0.3, -0.25) is 9.59 Å². The summed E-state index contributed by atoms with van der Waals surface area (Å²) in [5, 5.41) is 9.13. The number of piperidine rings is 1. The van der Waals surface area contributed by atoms with Crippen molar-refractivity contribution in [2.45, 2.75) is 43.7 Å². The molecular formula is C20H30ClN3O4. The first-order valence-corrected chi connectivity index (χ1v) is 9.66. The molecule has 0 atom stereocenters. The second-order valence-electron chi connectivity index (χ2n) is 7.23. The van der Waals surface area contributed by atoms with Crippen molar-refractivity contribution < 1.29 is 19.1 Å². The van der Waals surface area contributed by atoms with Gasteiger partial charge >= 0.3 is 0 Å². The summed E-state index contributed by atoms with van der Waals surface area (Å²) in [5.41, 5.74) is 0.395. The van der Waals surface area contributed by atoms with Gasteiger partial charge in [0.05, 0.1) is 0 Å². The SMILES string of the molecule is COC1(C(=O)NCCc2ccc(OCC(=O)NC3CC3)cc2)CCNCC1.Cl. The molecule has 3 rings (SSSR count). The lowest BCUT2D eigenvalue weighted by Crippen LogP contribution is -2.54. The van der Waals surface area contributed by atoms with Crippen LogP contribution in [0, 0.1) is 0 Å². The number of nitrogens with one attached hydrogen (secondary N) is 3. The number of amides is 2. The highest BCUT2D eigenvalue weighted by molar-refractivity contribution is 5.85. The van der Waals surface area contributed by atoms with Gasteiger partial charge in [-0.25, -0.2) is 0 Å². The van der Waals surface area contributed by atoms with Crippen LogP contribution in [-0.4, -0.2) is 56.8 Å². The first-order valence-electron chi connectivity index (χ1n) is 9.66. The normalized spacial score (nSPS) is 17.9. The second-order valence-corrected chi connectivity index (χ2v) is 7.23. The Bertz CT molecular complexity index is 643. The average molecular weight is 412 g/mol. The quantitative estimate of drug-likeness (QED) is 0.568. The highest BCUT2D eigenvalue weighted by atomic mass is 35.5.